The zero-order valence-corrected chi connectivity index (χ0v) is 12.7. The van der Waals surface area contributed by atoms with E-state index in [2.05, 4.69) is 29.5 Å². The van der Waals surface area contributed by atoms with Gasteiger partial charge in [0.25, 0.3) is 0 Å². The third kappa shape index (κ3) is 3.03. The van der Waals surface area contributed by atoms with Crippen molar-refractivity contribution in [3.8, 4) is 11.5 Å². The largest absolute Gasteiger partial charge is 0.496 e. The molecule has 0 bridgehead atoms. The van der Waals surface area contributed by atoms with Crippen molar-refractivity contribution < 1.29 is 9.47 Å². The molecule has 21 heavy (non-hydrogen) atoms. The molecular weight excluding hydrogens is 266 g/mol. The molecule has 5 heteroatoms. The number of ether oxygens (including phenoxy) is 2. The van der Waals surface area contributed by atoms with E-state index in [0.29, 0.717) is 0 Å². The summed E-state index contributed by atoms with van der Waals surface area (Å²) in [6.07, 6.45) is 5.09. The van der Waals surface area contributed by atoms with Crippen molar-refractivity contribution in [1.82, 2.24) is 15.1 Å². The maximum absolute atomic E-state index is 5.82. The predicted molar refractivity (Wildman–Crippen MR) is 80.5 cm³/mol. The molecule has 0 aliphatic carbocycles. The number of hydrogen-bond donors (Lipinski definition) is 1. The number of aryl methyl sites for hydroxylation is 1. The molecule has 2 heterocycles. The van der Waals surface area contributed by atoms with Crippen LogP contribution in [-0.4, -0.2) is 23.0 Å². The van der Waals surface area contributed by atoms with Crippen LogP contribution in [0.15, 0.2) is 24.5 Å². The highest BCUT2D eigenvalue weighted by Crippen LogP contribution is 2.34. The van der Waals surface area contributed by atoms with Gasteiger partial charge in [-0.3, -0.25) is 4.68 Å². The highest BCUT2D eigenvalue weighted by molar-refractivity contribution is 5.48. The van der Waals surface area contributed by atoms with E-state index < -0.39 is 0 Å². The summed E-state index contributed by atoms with van der Waals surface area (Å²) in [4.78, 5) is 0. The van der Waals surface area contributed by atoms with Crippen molar-refractivity contribution in [3.05, 3.63) is 41.2 Å². The Labute approximate surface area is 124 Å². The van der Waals surface area contributed by atoms with E-state index in [1.807, 2.05) is 24.1 Å². The molecule has 1 atom stereocenters. The van der Waals surface area contributed by atoms with Gasteiger partial charge in [-0.25, -0.2) is 0 Å². The Hall–Kier alpha value is -2.01. The number of fused-ring (bicyclic) bond motifs is 1. The Kier molecular flexibility index (Phi) is 3.84. The highest BCUT2D eigenvalue weighted by Gasteiger charge is 2.21. The fraction of sp³-hybridized carbons (Fsp3) is 0.438. The number of methoxy groups -OCH3 is 1. The minimum Gasteiger partial charge on any atom is -0.496 e. The van der Waals surface area contributed by atoms with Crippen molar-refractivity contribution in [2.24, 2.45) is 7.05 Å². The third-order valence-electron chi connectivity index (χ3n) is 3.70. The summed E-state index contributed by atoms with van der Waals surface area (Å²) in [7, 11) is 3.64. The second-order valence-electron chi connectivity index (χ2n) is 5.53. The predicted octanol–water partition coefficient (Wildman–Crippen LogP) is 2.04. The van der Waals surface area contributed by atoms with Gasteiger partial charge >= 0.3 is 0 Å². The van der Waals surface area contributed by atoms with E-state index >= 15 is 0 Å². The Morgan fingerprint density at radius 1 is 1.43 bits per heavy atom. The van der Waals surface area contributed by atoms with Crippen molar-refractivity contribution in [2.45, 2.75) is 32.5 Å². The summed E-state index contributed by atoms with van der Waals surface area (Å²) in [5.41, 5.74) is 3.52. The van der Waals surface area contributed by atoms with Crippen LogP contribution in [0.5, 0.6) is 11.5 Å². The second kappa shape index (κ2) is 5.77. The minimum atomic E-state index is 0.253. The molecule has 0 spiro atoms. The average molecular weight is 287 g/mol. The van der Waals surface area contributed by atoms with Crippen molar-refractivity contribution in [2.75, 3.05) is 7.11 Å². The normalized spacial score (nSPS) is 16.6. The van der Waals surface area contributed by atoms with Crippen molar-refractivity contribution >= 4 is 0 Å². The lowest BCUT2D eigenvalue weighted by atomic mass is 10.1. The summed E-state index contributed by atoms with van der Waals surface area (Å²) < 4.78 is 13.1. The van der Waals surface area contributed by atoms with Gasteiger partial charge in [-0.15, -0.1) is 0 Å². The number of rotatable bonds is 5. The summed E-state index contributed by atoms with van der Waals surface area (Å²) >= 11 is 0. The zero-order valence-electron chi connectivity index (χ0n) is 12.7. The Morgan fingerprint density at radius 2 is 2.29 bits per heavy atom. The first-order valence-corrected chi connectivity index (χ1v) is 7.20. The smallest absolute Gasteiger partial charge is 0.123 e. The van der Waals surface area contributed by atoms with E-state index in [1.165, 1.54) is 11.1 Å². The molecule has 3 rings (SSSR count). The zero-order chi connectivity index (χ0) is 14.8. The molecular formula is C16H21N3O2. The molecule has 1 aromatic carbocycles. The molecule has 0 fully saturated rings. The Balaban J connectivity index is 1.68. The minimum absolute atomic E-state index is 0.253. The van der Waals surface area contributed by atoms with Crippen LogP contribution in [0, 0.1) is 0 Å². The van der Waals surface area contributed by atoms with Gasteiger partial charge < -0.3 is 14.8 Å². The van der Waals surface area contributed by atoms with E-state index in [1.54, 1.807) is 7.11 Å². The van der Waals surface area contributed by atoms with Crippen molar-refractivity contribution in [1.29, 1.82) is 0 Å². The van der Waals surface area contributed by atoms with Crippen LogP contribution in [0.4, 0.5) is 0 Å². The van der Waals surface area contributed by atoms with Gasteiger partial charge in [-0.1, -0.05) is 0 Å². The fourth-order valence-corrected chi connectivity index (χ4v) is 2.71. The highest BCUT2D eigenvalue weighted by atomic mass is 16.5. The maximum Gasteiger partial charge on any atom is 0.123 e. The van der Waals surface area contributed by atoms with Gasteiger partial charge in [0.1, 0.15) is 17.6 Å². The molecule has 0 amide bonds. The van der Waals surface area contributed by atoms with E-state index in [0.717, 1.165) is 36.6 Å². The van der Waals surface area contributed by atoms with Crippen LogP contribution >= 0.6 is 0 Å². The number of hydrogen-bond acceptors (Lipinski definition) is 4. The van der Waals surface area contributed by atoms with Gasteiger partial charge in [-0.2, -0.15) is 5.10 Å². The fourth-order valence-electron chi connectivity index (χ4n) is 2.71. The quantitative estimate of drug-likeness (QED) is 0.914. The molecule has 0 saturated heterocycles. The number of aromatic nitrogens is 2. The van der Waals surface area contributed by atoms with Crippen LogP contribution in [-0.2, 0) is 26.6 Å². The Bertz CT molecular complexity index is 636. The average Bonchev–Trinajstić information content (AvgIpc) is 3.02. The molecule has 112 valence electrons. The number of nitrogens with zero attached hydrogens (tertiary/aromatic N) is 2. The van der Waals surface area contributed by atoms with E-state index in [9.17, 15) is 0 Å². The van der Waals surface area contributed by atoms with Crippen LogP contribution in [0.1, 0.15) is 23.6 Å². The van der Waals surface area contributed by atoms with Gasteiger partial charge in [-0.05, 0) is 19.1 Å². The number of nitrogens with one attached hydrogen (secondary N) is 1. The SMILES string of the molecule is COc1cc2c(cc1CNCc1cnn(C)c1)O[C@H](C)C2. The lowest BCUT2D eigenvalue weighted by molar-refractivity contribution is 0.254. The topological polar surface area (TPSA) is 48.3 Å². The standard InChI is InChI=1S/C16H21N3O2/c1-11-4-13-5-15(20-3)14(6-16(13)21-11)9-17-7-12-8-18-19(2)10-12/h5-6,8,10-11,17H,4,7,9H2,1-3H3/t11-/m1/s1. The molecule has 0 radical (unpaired) electrons. The Morgan fingerprint density at radius 3 is 3.00 bits per heavy atom. The maximum atomic E-state index is 5.82. The summed E-state index contributed by atoms with van der Waals surface area (Å²) in [6.45, 7) is 3.61. The molecule has 1 N–H and O–H groups in total. The summed E-state index contributed by atoms with van der Waals surface area (Å²) in [6, 6.07) is 4.19. The molecule has 5 nitrogen and oxygen atoms in total. The molecule has 1 aromatic heterocycles. The first-order chi connectivity index (χ1) is 10.2. The van der Waals surface area contributed by atoms with Crippen LogP contribution in [0.3, 0.4) is 0 Å². The summed E-state index contributed by atoms with van der Waals surface area (Å²) in [5.74, 6) is 1.91. The van der Waals surface area contributed by atoms with Crippen LogP contribution in [0.2, 0.25) is 0 Å². The third-order valence-corrected chi connectivity index (χ3v) is 3.70. The lowest BCUT2D eigenvalue weighted by Gasteiger charge is -2.11. The first-order valence-electron chi connectivity index (χ1n) is 7.20. The molecule has 0 unspecified atom stereocenters. The van der Waals surface area contributed by atoms with Crippen LogP contribution < -0.4 is 14.8 Å². The van der Waals surface area contributed by atoms with Gasteiger partial charge in [0, 0.05) is 49.4 Å². The molecule has 2 aromatic rings. The van der Waals surface area contributed by atoms with Gasteiger partial charge in [0.15, 0.2) is 0 Å². The first kappa shape index (κ1) is 13.9. The van der Waals surface area contributed by atoms with Crippen molar-refractivity contribution in [3.63, 3.8) is 0 Å². The van der Waals surface area contributed by atoms with E-state index in [4.69, 9.17) is 9.47 Å². The lowest BCUT2D eigenvalue weighted by Crippen LogP contribution is -2.13. The molecule has 1 aliphatic rings. The second-order valence-corrected chi connectivity index (χ2v) is 5.53. The molecule has 1 aliphatic heterocycles. The number of benzene rings is 1. The van der Waals surface area contributed by atoms with E-state index in [-0.39, 0.29) is 6.10 Å². The van der Waals surface area contributed by atoms with Crippen LogP contribution in [0.25, 0.3) is 0 Å². The van der Waals surface area contributed by atoms with Gasteiger partial charge in [0.2, 0.25) is 0 Å². The summed E-state index contributed by atoms with van der Waals surface area (Å²) in [5, 5.41) is 7.58. The monoisotopic (exact) mass is 287 g/mol. The van der Waals surface area contributed by atoms with Gasteiger partial charge in [0.05, 0.1) is 13.3 Å². The molecule has 0 saturated carbocycles.